The van der Waals surface area contributed by atoms with Crippen LogP contribution in [0, 0.1) is 5.92 Å². The van der Waals surface area contributed by atoms with Crippen LogP contribution in [0.15, 0.2) is 24.3 Å². The fourth-order valence-corrected chi connectivity index (χ4v) is 3.06. The van der Waals surface area contributed by atoms with Gasteiger partial charge in [0.05, 0.1) is 6.61 Å². The Morgan fingerprint density at radius 1 is 1.17 bits per heavy atom. The van der Waals surface area contributed by atoms with Crippen LogP contribution in [0.5, 0.6) is 0 Å². The molecule has 1 heterocycles. The number of nitrogens with two attached hydrogens (primary N) is 1. The average molecular weight is 314 g/mol. The number of amides is 1. The van der Waals surface area contributed by atoms with E-state index in [4.69, 9.17) is 10.5 Å². The topological polar surface area (TPSA) is 93.9 Å². The molecule has 0 radical (unpaired) electrons. The first-order chi connectivity index (χ1) is 11.2. The lowest BCUT2D eigenvalue weighted by molar-refractivity contribution is 0.0739. The number of primary amides is 1. The van der Waals surface area contributed by atoms with Crippen LogP contribution in [0.2, 0.25) is 0 Å². The maximum atomic E-state index is 11.3. The van der Waals surface area contributed by atoms with Gasteiger partial charge in [-0.1, -0.05) is 43.5 Å². The van der Waals surface area contributed by atoms with E-state index in [0.717, 1.165) is 23.7 Å². The van der Waals surface area contributed by atoms with Crippen molar-refractivity contribution in [2.75, 3.05) is 6.61 Å². The van der Waals surface area contributed by atoms with Crippen molar-refractivity contribution in [3.05, 3.63) is 35.5 Å². The van der Waals surface area contributed by atoms with Gasteiger partial charge in [-0.3, -0.25) is 4.79 Å². The first-order valence-corrected chi connectivity index (χ1v) is 8.11. The summed E-state index contributed by atoms with van der Waals surface area (Å²) in [6.45, 7) is 1.45. The monoisotopic (exact) mass is 314 g/mol. The van der Waals surface area contributed by atoms with Gasteiger partial charge in [-0.15, -0.1) is 0 Å². The molecule has 1 aliphatic rings. The van der Waals surface area contributed by atoms with E-state index in [2.05, 4.69) is 15.4 Å². The first kappa shape index (κ1) is 15.7. The fourth-order valence-electron chi connectivity index (χ4n) is 3.06. The number of H-pyrrole nitrogens is 1. The van der Waals surface area contributed by atoms with Crippen LogP contribution < -0.4 is 5.73 Å². The van der Waals surface area contributed by atoms with E-state index < -0.39 is 5.91 Å². The van der Waals surface area contributed by atoms with Gasteiger partial charge >= 0.3 is 0 Å². The van der Waals surface area contributed by atoms with Gasteiger partial charge in [0.1, 0.15) is 5.69 Å². The summed E-state index contributed by atoms with van der Waals surface area (Å²) in [5.74, 6) is 0.130. The van der Waals surface area contributed by atoms with Crippen molar-refractivity contribution < 1.29 is 9.53 Å². The van der Waals surface area contributed by atoms with Gasteiger partial charge < -0.3 is 10.5 Å². The summed E-state index contributed by atoms with van der Waals surface area (Å²) in [4.78, 5) is 11.3. The number of rotatable bonds is 6. The zero-order valence-electron chi connectivity index (χ0n) is 13.1. The van der Waals surface area contributed by atoms with Crippen molar-refractivity contribution in [3.63, 3.8) is 0 Å². The van der Waals surface area contributed by atoms with Gasteiger partial charge in [-0.05, 0) is 24.3 Å². The van der Waals surface area contributed by atoms with E-state index in [-0.39, 0.29) is 5.69 Å². The predicted molar refractivity (Wildman–Crippen MR) is 86.6 cm³/mol. The number of nitrogens with one attached hydrogen (secondary N) is 1. The number of ether oxygens (including phenoxy) is 1. The molecule has 0 unspecified atom stereocenters. The maximum absolute atomic E-state index is 11.3. The molecule has 23 heavy (non-hydrogen) atoms. The molecular formula is C17H22N4O2. The molecule has 0 atom stereocenters. The second kappa shape index (κ2) is 7.37. The Morgan fingerprint density at radius 2 is 1.91 bits per heavy atom. The normalized spacial score (nSPS) is 15.7. The van der Waals surface area contributed by atoms with Gasteiger partial charge in [-0.25, -0.2) is 0 Å². The number of hydrogen-bond acceptors (Lipinski definition) is 4. The van der Waals surface area contributed by atoms with Crippen LogP contribution in [0.3, 0.4) is 0 Å². The highest BCUT2D eigenvalue weighted by Gasteiger charge is 2.15. The third-order valence-corrected chi connectivity index (χ3v) is 4.36. The zero-order valence-corrected chi connectivity index (χ0v) is 13.1. The van der Waals surface area contributed by atoms with Gasteiger partial charge in [0.15, 0.2) is 5.69 Å². The molecular weight excluding hydrogens is 292 g/mol. The lowest BCUT2D eigenvalue weighted by Gasteiger charge is -2.21. The number of hydrogen-bond donors (Lipinski definition) is 2. The molecule has 6 nitrogen and oxygen atoms in total. The summed E-state index contributed by atoms with van der Waals surface area (Å²) in [6.07, 6.45) is 6.63. The van der Waals surface area contributed by atoms with Crippen molar-refractivity contribution in [1.29, 1.82) is 0 Å². The van der Waals surface area contributed by atoms with E-state index in [0.29, 0.717) is 12.3 Å². The quantitative estimate of drug-likeness (QED) is 0.857. The highest BCUT2D eigenvalue weighted by atomic mass is 16.5. The molecule has 1 amide bonds. The lowest BCUT2D eigenvalue weighted by atomic mass is 9.90. The number of aromatic nitrogens is 3. The maximum Gasteiger partial charge on any atom is 0.271 e. The van der Waals surface area contributed by atoms with Gasteiger partial charge in [-0.2, -0.15) is 15.4 Å². The fraction of sp³-hybridized carbons (Fsp3) is 0.471. The van der Waals surface area contributed by atoms with Gasteiger partial charge in [0.2, 0.25) is 0 Å². The summed E-state index contributed by atoms with van der Waals surface area (Å²) in [6, 6.07) is 7.78. The smallest absolute Gasteiger partial charge is 0.271 e. The molecule has 3 N–H and O–H groups in total. The SMILES string of the molecule is NC(=O)c1n[nH]nc1-c1ccc(COCC2CCCCC2)cc1. The van der Waals surface area contributed by atoms with Crippen LogP contribution in [0.1, 0.15) is 48.2 Å². The minimum absolute atomic E-state index is 0.159. The highest BCUT2D eigenvalue weighted by Crippen LogP contribution is 2.24. The second-order valence-corrected chi connectivity index (χ2v) is 6.10. The Balaban J connectivity index is 1.56. The average Bonchev–Trinajstić information content (AvgIpc) is 3.06. The third kappa shape index (κ3) is 3.96. The predicted octanol–water partition coefficient (Wildman–Crippen LogP) is 2.67. The van der Waals surface area contributed by atoms with Crippen LogP contribution in [0.25, 0.3) is 11.3 Å². The highest BCUT2D eigenvalue weighted by molar-refractivity contribution is 5.96. The molecule has 0 aliphatic heterocycles. The van der Waals surface area contributed by atoms with Crippen LogP contribution in [-0.4, -0.2) is 27.9 Å². The number of carbonyl (C=O) groups is 1. The minimum atomic E-state index is -0.589. The summed E-state index contributed by atoms with van der Waals surface area (Å²) in [5.41, 5.74) is 7.83. The van der Waals surface area contributed by atoms with E-state index in [1.165, 1.54) is 32.1 Å². The Kier molecular flexibility index (Phi) is 5.02. The van der Waals surface area contributed by atoms with Crippen molar-refractivity contribution in [2.24, 2.45) is 11.7 Å². The van der Waals surface area contributed by atoms with E-state index in [9.17, 15) is 4.79 Å². The minimum Gasteiger partial charge on any atom is -0.376 e. The number of nitrogens with zero attached hydrogens (tertiary/aromatic N) is 2. The molecule has 0 bridgehead atoms. The molecule has 6 heteroatoms. The van der Waals surface area contributed by atoms with Crippen molar-refractivity contribution >= 4 is 5.91 Å². The number of carbonyl (C=O) groups excluding carboxylic acids is 1. The zero-order chi connectivity index (χ0) is 16.1. The molecule has 1 aromatic heterocycles. The Bertz CT molecular complexity index is 645. The van der Waals surface area contributed by atoms with Gasteiger partial charge in [0.25, 0.3) is 5.91 Å². The molecule has 3 rings (SSSR count). The van der Waals surface area contributed by atoms with Crippen LogP contribution >= 0.6 is 0 Å². The van der Waals surface area contributed by atoms with Crippen LogP contribution in [-0.2, 0) is 11.3 Å². The molecule has 1 saturated carbocycles. The molecule has 122 valence electrons. The number of benzene rings is 1. The van der Waals surface area contributed by atoms with E-state index in [1.807, 2.05) is 24.3 Å². The van der Waals surface area contributed by atoms with Crippen LogP contribution in [0.4, 0.5) is 0 Å². The summed E-state index contributed by atoms with van der Waals surface area (Å²) in [5, 5.41) is 10.2. The Hall–Kier alpha value is -2.21. The standard InChI is InChI=1S/C17H22N4O2/c18-17(22)16-15(19-21-20-16)14-8-6-13(7-9-14)11-23-10-12-4-2-1-3-5-12/h6-9,12H,1-5,10-11H2,(H2,18,22)(H,19,20,21). The molecule has 0 saturated heterocycles. The Labute approximate surface area is 135 Å². The largest absolute Gasteiger partial charge is 0.376 e. The molecule has 1 fully saturated rings. The summed E-state index contributed by atoms with van der Waals surface area (Å²) >= 11 is 0. The van der Waals surface area contributed by atoms with Crippen molar-refractivity contribution in [2.45, 2.75) is 38.7 Å². The summed E-state index contributed by atoms with van der Waals surface area (Å²) in [7, 11) is 0. The van der Waals surface area contributed by atoms with Gasteiger partial charge in [0, 0.05) is 12.2 Å². The second-order valence-electron chi connectivity index (χ2n) is 6.10. The molecule has 2 aromatic rings. The summed E-state index contributed by atoms with van der Waals surface area (Å²) < 4.78 is 5.84. The lowest BCUT2D eigenvalue weighted by Crippen LogP contribution is -2.13. The molecule has 0 spiro atoms. The van der Waals surface area contributed by atoms with Crippen molar-refractivity contribution in [3.8, 4) is 11.3 Å². The van der Waals surface area contributed by atoms with Crippen molar-refractivity contribution in [1.82, 2.24) is 15.4 Å². The Morgan fingerprint density at radius 3 is 2.61 bits per heavy atom. The van der Waals surface area contributed by atoms with E-state index >= 15 is 0 Å². The molecule has 1 aromatic carbocycles. The number of aromatic amines is 1. The molecule has 1 aliphatic carbocycles. The third-order valence-electron chi connectivity index (χ3n) is 4.36. The first-order valence-electron chi connectivity index (χ1n) is 8.11. The van der Waals surface area contributed by atoms with E-state index in [1.54, 1.807) is 0 Å².